The van der Waals surface area contributed by atoms with Gasteiger partial charge in [0, 0.05) is 31.8 Å². The summed E-state index contributed by atoms with van der Waals surface area (Å²) in [6.07, 6.45) is 2.20. The first-order valence-corrected chi connectivity index (χ1v) is 7.39. The number of amides is 1. The summed E-state index contributed by atoms with van der Waals surface area (Å²) in [4.78, 5) is 14.4. The van der Waals surface area contributed by atoms with Gasteiger partial charge in [-0.15, -0.1) is 0 Å². The van der Waals surface area contributed by atoms with E-state index in [1.807, 2.05) is 0 Å². The summed E-state index contributed by atoms with van der Waals surface area (Å²) in [5.74, 6) is -0.507. The van der Waals surface area contributed by atoms with Crippen molar-refractivity contribution in [1.82, 2.24) is 10.2 Å². The van der Waals surface area contributed by atoms with Gasteiger partial charge < -0.3 is 15.0 Å². The molecule has 0 saturated carbocycles. The van der Waals surface area contributed by atoms with Gasteiger partial charge in [0.15, 0.2) is 0 Å². The third-order valence-corrected chi connectivity index (χ3v) is 3.74. The average molecular weight is 294 g/mol. The molecular formula is C16H23FN2O2. The van der Waals surface area contributed by atoms with Crippen LogP contribution in [0.3, 0.4) is 0 Å². The number of halogens is 1. The fraction of sp³-hybridized carbons (Fsp3) is 0.562. The first-order valence-electron chi connectivity index (χ1n) is 7.39. The predicted octanol–water partition coefficient (Wildman–Crippen LogP) is 1.97. The zero-order chi connectivity index (χ0) is 15.2. The number of hydrogen-bond acceptors (Lipinski definition) is 3. The first kappa shape index (κ1) is 15.9. The Kier molecular flexibility index (Phi) is 5.70. The van der Waals surface area contributed by atoms with E-state index in [4.69, 9.17) is 4.74 Å². The van der Waals surface area contributed by atoms with E-state index >= 15 is 0 Å². The lowest BCUT2D eigenvalue weighted by atomic mass is 10.1. The van der Waals surface area contributed by atoms with Gasteiger partial charge >= 0.3 is 0 Å². The summed E-state index contributed by atoms with van der Waals surface area (Å²) in [5.41, 5.74) is 1.16. The van der Waals surface area contributed by atoms with Gasteiger partial charge in [-0.05, 0) is 50.1 Å². The minimum Gasteiger partial charge on any atom is -0.383 e. The summed E-state index contributed by atoms with van der Waals surface area (Å²) in [5, 5.41) is 3.38. The number of ether oxygens (including phenoxy) is 1. The van der Waals surface area contributed by atoms with E-state index in [0.717, 1.165) is 24.9 Å². The van der Waals surface area contributed by atoms with Crippen LogP contribution in [0.4, 0.5) is 4.39 Å². The molecule has 1 unspecified atom stereocenters. The number of nitrogens with one attached hydrogen (secondary N) is 1. The summed E-state index contributed by atoms with van der Waals surface area (Å²) < 4.78 is 18.6. The molecule has 1 saturated heterocycles. The minimum absolute atomic E-state index is 0.136. The van der Waals surface area contributed by atoms with Gasteiger partial charge in [-0.25, -0.2) is 4.39 Å². The van der Waals surface area contributed by atoms with Crippen LogP contribution in [0.5, 0.6) is 0 Å². The zero-order valence-electron chi connectivity index (χ0n) is 12.7. The molecule has 0 radical (unpaired) electrons. The number of carbonyl (C=O) groups excluding carboxylic acids is 1. The van der Waals surface area contributed by atoms with Crippen LogP contribution in [-0.2, 0) is 4.74 Å². The second kappa shape index (κ2) is 7.52. The number of carbonyl (C=O) groups is 1. The van der Waals surface area contributed by atoms with E-state index in [1.54, 1.807) is 25.0 Å². The number of rotatable bonds is 6. The highest BCUT2D eigenvalue weighted by Crippen LogP contribution is 2.13. The van der Waals surface area contributed by atoms with Gasteiger partial charge in [-0.3, -0.25) is 4.79 Å². The third kappa shape index (κ3) is 4.51. The predicted molar refractivity (Wildman–Crippen MR) is 79.9 cm³/mol. The van der Waals surface area contributed by atoms with E-state index in [0.29, 0.717) is 31.3 Å². The molecule has 1 heterocycles. The van der Waals surface area contributed by atoms with Crippen molar-refractivity contribution in [2.45, 2.75) is 25.8 Å². The summed E-state index contributed by atoms with van der Waals surface area (Å²) in [7, 11) is 1.61. The van der Waals surface area contributed by atoms with Crippen molar-refractivity contribution in [3.63, 3.8) is 0 Å². The monoisotopic (exact) mass is 294 g/mol. The van der Waals surface area contributed by atoms with Crippen LogP contribution in [-0.4, -0.2) is 50.2 Å². The highest BCUT2D eigenvalue weighted by atomic mass is 19.1. The largest absolute Gasteiger partial charge is 0.383 e. The molecule has 21 heavy (non-hydrogen) atoms. The molecule has 0 aliphatic carbocycles. The van der Waals surface area contributed by atoms with Crippen molar-refractivity contribution in [2.24, 2.45) is 0 Å². The van der Waals surface area contributed by atoms with Crippen LogP contribution < -0.4 is 5.32 Å². The van der Waals surface area contributed by atoms with Crippen molar-refractivity contribution >= 4 is 5.91 Å². The Morgan fingerprint density at radius 1 is 1.48 bits per heavy atom. The van der Waals surface area contributed by atoms with Gasteiger partial charge in [-0.2, -0.15) is 0 Å². The number of nitrogens with zero attached hydrogens (tertiary/aromatic N) is 1. The van der Waals surface area contributed by atoms with E-state index in [2.05, 4.69) is 5.32 Å². The van der Waals surface area contributed by atoms with Crippen molar-refractivity contribution in [3.05, 3.63) is 35.1 Å². The van der Waals surface area contributed by atoms with Crippen molar-refractivity contribution in [2.75, 3.05) is 33.4 Å². The molecule has 0 spiro atoms. The molecule has 1 aromatic rings. The lowest BCUT2D eigenvalue weighted by molar-refractivity contribution is 0.0678. The Bertz CT molecular complexity index is 467. The quantitative estimate of drug-likeness (QED) is 0.872. The molecule has 0 aromatic heterocycles. The van der Waals surface area contributed by atoms with Crippen LogP contribution >= 0.6 is 0 Å². The first-order chi connectivity index (χ1) is 10.1. The second-order valence-corrected chi connectivity index (χ2v) is 5.55. The van der Waals surface area contributed by atoms with E-state index in [-0.39, 0.29) is 11.7 Å². The second-order valence-electron chi connectivity index (χ2n) is 5.55. The highest BCUT2D eigenvalue weighted by molar-refractivity contribution is 5.94. The summed E-state index contributed by atoms with van der Waals surface area (Å²) in [6, 6.07) is 4.78. The summed E-state index contributed by atoms with van der Waals surface area (Å²) >= 11 is 0. The van der Waals surface area contributed by atoms with Gasteiger partial charge in [0.25, 0.3) is 5.91 Å². The third-order valence-electron chi connectivity index (χ3n) is 3.74. The lowest BCUT2D eigenvalue weighted by Gasteiger charge is -2.26. The normalized spacial score (nSPS) is 18.0. The van der Waals surface area contributed by atoms with Gasteiger partial charge in [-0.1, -0.05) is 0 Å². The number of aryl methyl sites for hydroxylation is 1. The lowest BCUT2D eigenvalue weighted by Crippen LogP contribution is -2.42. The minimum atomic E-state index is -0.371. The molecule has 0 bridgehead atoms. The fourth-order valence-corrected chi connectivity index (χ4v) is 2.70. The van der Waals surface area contributed by atoms with Gasteiger partial charge in [0.05, 0.1) is 6.61 Å². The standard InChI is InChI=1S/C16H23FN2O2/c1-12-8-13(10-14(17)9-12)16(20)19(6-7-21-2)11-15-4-3-5-18-15/h8-10,15,18H,3-7,11H2,1-2H3. The molecule has 1 amide bonds. The van der Waals surface area contributed by atoms with Crippen LogP contribution in [0.1, 0.15) is 28.8 Å². The molecule has 2 rings (SSSR count). The molecule has 1 aromatic carbocycles. The van der Waals surface area contributed by atoms with Gasteiger partial charge in [0.1, 0.15) is 5.82 Å². The van der Waals surface area contributed by atoms with Crippen molar-refractivity contribution in [3.8, 4) is 0 Å². The molecule has 1 fully saturated rings. The molecule has 1 N–H and O–H groups in total. The SMILES string of the molecule is COCCN(CC1CCCN1)C(=O)c1cc(C)cc(F)c1. The zero-order valence-corrected chi connectivity index (χ0v) is 12.7. The Balaban J connectivity index is 2.11. The Morgan fingerprint density at radius 3 is 2.90 bits per heavy atom. The van der Waals surface area contributed by atoms with Crippen LogP contribution in [0.25, 0.3) is 0 Å². The highest BCUT2D eigenvalue weighted by Gasteiger charge is 2.22. The maximum absolute atomic E-state index is 13.5. The van der Waals surface area contributed by atoms with E-state index in [9.17, 15) is 9.18 Å². The molecule has 1 atom stereocenters. The van der Waals surface area contributed by atoms with Crippen LogP contribution in [0.2, 0.25) is 0 Å². The Hall–Kier alpha value is -1.46. The maximum Gasteiger partial charge on any atom is 0.254 e. The number of benzene rings is 1. The Morgan fingerprint density at radius 2 is 2.29 bits per heavy atom. The van der Waals surface area contributed by atoms with Crippen molar-refractivity contribution in [1.29, 1.82) is 0 Å². The van der Waals surface area contributed by atoms with Crippen LogP contribution in [0.15, 0.2) is 18.2 Å². The van der Waals surface area contributed by atoms with Gasteiger partial charge in [0.2, 0.25) is 0 Å². The molecule has 4 nitrogen and oxygen atoms in total. The molecule has 1 aliphatic heterocycles. The van der Waals surface area contributed by atoms with Crippen molar-refractivity contribution < 1.29 is 13.9 Å². The number of methoxy groups -OCH3 is 1. The molecule has 5 heteroatoms. The topological polar surface area (TPSA) is 41.6 Å². The maximum atomic E-state index is 13.5. The van der Waals surface area contributed by atoms with Crippen LogP contribution in [0, 0.1) is 12.7 Å². The molecule has 1 aliphatic rings. The Labute approximate surface area is 125 Å². The smallest absolute Gasteiger partial charge is 0.254 e. The summed E-state index contributed by atoms with van der Waals surface area (Å²) in [6.45, 7) is 4.42. The average Bonchev–Trinajstić information content (AvgIpc) is 2.94. The fourth-order valence-electron chi connectivity index (χ4n) is 2.70. The van der Waals surface area contributed by atoms with E-state index < -0.39 is 0 Å². The molecular weight excluding hydrogens is 271 g/mol. The number of hydrogen-bond donors (Lipinski definition) is 1. The molecule has 116 valence electrons. The van der Waals surface area contributed by atoms with E-state index in [1.165, 1.54) is 12.1 Å².